The lowest BCUT2D eigenvalue weighted by molar-refractivity contribution is -0.0761. The minimum Gasteiger partial charge on any atom is -0.495 e. The Labute approximate surface area is 92.1 Å². The summed E-state index contributed by atoms with van der Waals surface area (Å²) in [5, 5.41) is 10.2. The molecule has 0 aliphatic carbocycles. The van der Waals surface area contributed by atoms with E-state index in [1.54, 1.807) is 7.11 Å². The van der Waals surface area contributed by atoms with Crippen LogP contribution in [-0.2, 0) is 9.47 Å². The number of allylic oxidation sites excluding steroid dienone is 1. The fourth-order valence-corrected chi connectivity index (χ4v) is 1.89. The van der Waals surface area contributed by atoms with E-state index < -0.39 is 6.10 Å². The minimum absolute atomic E-state index is 0.101. The van der Waals surface area contributed by atoms with Crippen LogP contribution >= 0.6 is 0 Å². The standard InChI is InChI=1S/C12H22O3/c1-12(2,3)11(14-4)10(13)9-7-5-6-8-15-9/h7,10-11,13H,5-6,8H2,1-4H3. The Kier molecular flexibility index (Phi) is 4.17. The predicted molar refractivity (Wildman–Crippen MR) is 59.5 cm³/mol. The third-order valence-corrected chi connectivity index (χ3v) is 2.65. The minimum atomic E-state index is -0.657. The number of aliphatic hydroxyl groups is 1. The first-order valence-electron chi connectivity index (χ1n) is 5.50. The summed E-state index contributed by atoms with van der Waals surface area (Å²) in [6, 6.07) is 0. The molecule has 0 aromatic carbocycles. The fraction of sp³-hybridized carbons (Fsp3) is 0.833. The molecule has 2 unspecified atom stereocenters. The second-order valence-corrected chi connectivity index (χ2v) is 5.06. The van der Waals surface area contributed by atoms with Crippen LogP contribution in [0.1, 0.15) is 33.6 Å². The topological polar surface area (TPSA) is 38.7 Å². The van der Waals surface area contributed by atoms with E-state index >= 15 is 0 Å². The van der Waals surface area contributed by atoms with Gasteiger partial charge in [-0.25, -0.2) is 0 Å². The van der Waals surface area contributed by atoms with Crippen molar-refractivity contribution in [2.75, 3.05) is 13.7 Å². The normalized spacial score (nSPS) is 21.5. The molecule has 1 rings (SSSR count). The lowest BCUT2D eigenvalue weighted by Crippen LogP contribution is -2.41. The summed E-state index contributed by atoms with van der Waals surface area (Å²) in [5.74, 6) is 0.669. The molecule has 0 fully saturated rings. The SMILES string of the molecule is COC(C(O)C1=CCCCO1)C(C)(C)C. The zero-order valence-electron chi connectivity index (χ0n) is 10.1. The predicted octanol–water partition coefficient (Wildman–Crippen LogP) is 2.10. The molecule has 1 aliphatic heterocycles. The van der Waals surface area contributed by atoms with Crippen molar-refractivity contribution in [3.05, 3.63) is 11.8 Å². The summed E-state index contributed by atoms with van der Waals surface area (Å²) < 4.78 is 10.8. The molecular formula is C12H22O3. The van der Waals surface area contributed by atoms with Crippen molar-refractivity contribution in [1.82, 2.24) is 0 Å². The number of aliphatic hydroxyl groups excluding tert-OH is 1. The quantitative estimate of drug-likeness (QED) is 0.782. The number of hydrogen-bond acceptors (Lipinski definition) is 3. The van der Waals surface area contributed by atoms with Crippen molar-refractivity contribution in [2.45, 2.75) is 45.8 Å². The average molecular weight is 214 g/mol. The molecule has 3 nitrogen and oxygen atoms in total. The summed E-state index contributed by atoms with van der Waals surface area (Å²) in [4.78, 5) is 0. The van der Waals surface area contributed by atoms with Gasteiger partial charge in [0.25, 0.3) is 0 Å². The first-order valence-corrected chi connectivity index (χ1v) is 5.50. The number of rotatable bonds is 3. The van der Waals surface area contributed by atoms with E-state index in [1.807, 2.05) is 26.8 Å². The number of hydrogen-bond donors (Lipinski definition) is 1. The van der Waals surface area contributed by atoms with E-state index in [4.69, 9.17) is 9.47 Å². The van der Waals surface area contributed by atoms with Gasteiger partial charge in [-0.1, -0.05) is 20.8 Å². The van der Waals surface area contributed by atoms with Gasteiger partial charge in [0.15, 0.2) is 0 Å². The second kappa shape index (κ2) is 4.99. The Hall–Kier alpha value is -0.540. The molecule has 0 bridgehead atoms. The lowest BCUT2D eigenvalue weighted by Gasteiger charge is -2.34. The van der Waals surface area contributed by atoms with E-state index in [0.29, 0.717) is 12.4 Å². The molecule has 0 aromatic rings. The molecule has 0 spiro atoms. The molecule has 1 heterocycles. The van der Waals surface area contributed by atoms with Crippen LogP contribution in [0.5, 0.6) is 0 Å². The Morgan fingerprint density at radius 3 is 2.53 bits per heavy atom. The van der Waals surface area contributed by atoms with Crippen LogP contribution in [0, 0.1) is 5.41 Å². The van der Waals surface area contributed by atoms with Crippen molar-refractivity contribution in [3.63, 3.8) is 0 Å². The third-order valence-electron chi connectivity index (χ3n) is 2.65. The molecule has 0 radical (unpaired) electrons. The molecule has 0 saturated carbocycles. The molecule has 0 aromatic heterocycles. The van der Waals surface area contributed by atoms with Crippen molar-refractivity contribution >= 4 is 0 Å². The van der Waals surface area contributed by atoms with Gasteiger partial charge in [0.1, 0.15) is 11.9 Å². The average Bonchev–Trinajstić information content (AvgIpc) is 2.18. The molecule has 1 N–H and O–H groups in total. The van der Waals surface area contributed by atoms with Crippen LogP contribution < -0.4 is 0 Å². The van der Waals surface area contributed by atoms with Crippen molar-refractivity contribution in [1.29, 1.82) is 0 Å². The molecule has 1 aliphatic rings. The van der Waals surface area contributed by atoms with Crippen molar-refractivity contribution in [2.24, 2.45) is 5.41 Å². The largest absolute Gasteiger partial charge is 0.495 e. The molecule has 3 heteroatoms. The fourth-order valence-electron chi connectivity index (χ4n) is 1.89. The van der Waals surface area contributed by atoms with Crippen LogP contribution in [0.15, 0.2) is 11.8 Å². The zero-order valence-corrected chi connectivity index (χ0v) is 10.1. The van der Waals surface area contributed by atoms with Gasteiger partial charge in [-0.15, -0.1) is 0 Å². The Balaban J connectivity index is 2.72. The van der Waals surface area contributed by atoms with Gasteiger partial charge in [0, 0.05) is 7.11 Å². The van der Waals surface area contributed by atoms with E-state index in [2.05, 4.69) is 0 Å². The van der Waals surface area contributed by atoms with Gasteiger partial charge in [-0.2, -0.15) is 0 Å². The van der Waals surface area contributed by atoms with E-state index in [-0.39, 0.29) is 11.5 Å². The Bertz CT molecular complexity index is 228. The van der Waals surface area contributed by atoms with Gasteiger partial charge in [0.2, 0.25) is 0 Å². The Morgan fingerprint density at radius 2 is 2.13 bits per heavy atom. The maximum Gasteiger partial charge on any atom is 0.137 e. The van der Waals surface area contributed by atoms with E-state index in [0.717, 1.165) is 12.8 Å². The second-order valence-electron chi connectivity index (χ2n) is 5.06. The highest BCUT2D eigenvalue weighted by molar-refractivity contribution is 5.06. The molecule has 0 amide bonds. The van der Waals surface area contributed by atoms with E-state index in [1.165, 1.54) is 0 Å². The van der Waals surface area contributed by atoms with Gasteiger partial charge in [-0.05, 0) is 24.3 Å². The Morgan fingerprint density at radius 1 is 1.47 bits per heavy atom. The third kappa shape index (κ3) is 3.21. The maximum absolute atomic E-state index is 10.2. The van der Waals surface area contributed by atoms with Gasteiger partial charge in [-0.3, -0.25) is 0 Å². The molecule has 15 heavy (non-hydrogen) atoms. The van der Waals surface area contributed by atoms with Crippen LogP contribution in [0.25, 0.3) is 0 Å². The smallest absolute Gasteiger partial charge is 0.137 e. The van der Waals surface area contributed by atoms with Crippen molar-refractivity contribution in [3.8, 4) is 0 Å². The molecule has 2 atom stereocenters. The van der Waals surface area contributed by atoms with E-state index in [9.17, 15) is 5.11 Å². The summed E-state index contributed by atoms with van der Waals surface area (Å²) in [6.07, 6.45) is 3.08. The van der Waals surface area contributed by atoms with Crippen LogP contribution in [0.4, 0.5) is 0 Å². The van der Waals surface area contributed by atoms with Crippen molar-refractivity contribution < 1.29 is 14.6 Å². The van der Waals surface area contributed by atoms with Crippen LogP contribution in [-0.4, -0.2) is 31.0 Å². The highest BCUT2D eigenvalue weighted by Gasteiger charge is 2.34. The highest BCUT2D eigenvalue weighted by Crippen LogP contribution is 2.29. The van der Waals surface area contributed by atoms with Gasteiger partial charge in [0.05, 0.1) is 12.7 Å². The summed E-state index contributed by atoms with van der Waals surface area (Å²) >= 11 is 0. The molecular weight excluding hydrogens is 192 g/mol. The lowest BCUT2D eigenvalue weighted by atomic mass is 9.84. The van der Waals surface area contributed by atoms with Crippen LogP contribution in [0.2, 0.25) is 0 Å². The van der Waals surface area contributed by atoms with Gasteiger partial charge < -0.3 is 14.6 Å². The molecule has 88 valence electrons. The number of ether oxygens (including phenoxy) is 2. The summed E-state index contributed by atoms with van der Waals surface area (Å²) in [6.45, 7) is 6.85. The zero-order chi connectivity index (χ0) is 11.5. The first kappa shape index (κ1) is 12.5. The van der Waals surface area contributed by atoms with Gasteiger partial charge >= 0.3 is 0 Å². The highest BCUT2D eigenvalue weighted by atomic mass is 16.5. The summed E-state index contributed by atoms with van der Waals surface area (Å²) in [5.41, 5.74) is -0.101. The van der Waals surface area contributed by atoms with Crippen LogP contribution in [0.3, 0.4) is 0 Å². The first-order chi connectivity index (χ1) is 6.96. The monoisotopic (exact) mass is 214 g/mol. The maximum atomic E-state index is 10.2. The number of methoxy groups -OCH3 is 1. The summed E-state index contributed by atoms with van der Waals surface area (Å²) in [7, 11) is 1.63. The molecule has 0 saturated heterocycles.